The monoisotopic (exact) mass is 716 g/mol. The number of fused-ring (bicyclic) bond motifs is 6. The molecule has 0 aliphatic rings. The van der Waals surface area contributed by atoms with Gasteiger partial charge in [-0.3, -0.25) is 0 Å². The van der Waals surface area contributed by atoms with Crippen molar-refractivity contribution in [3.63, 3.8) is 0 Å². The lowest BCUT2D eigenvalue weighted by molar-refractivity contribution is 0.669. The molecule has 3 aromatic heterocycles. The van der Waals surface area contributed by atoms with Gasteiger partial charge in [0.25, 0.3) is 0 Å². The normalized spacial score (nSPS) is 11.6. The maximum absolute atomic E-state index is 6.61. The Morgan fingerprint density at radius 2 is 0.857 bits per heavy atom. The smallest absolute Gasteiger partial charge is 0.164 e. The predicted octanol–water partition coefficient (Wildman–Crippen LogP) is 13.2. The Morgan fingerprint density at radius 1 is 0.339 bits per heavy atom. The van der Waals surface area contributed by atoms with Crippen LogP contribution in [-0.2, 0) is 0 Å². The van der Waals surface area contributed by atoms with E-state index in [0.717, 1.165) is 72.1 Å². The molecule has 0 N–H and O–H groups in total. The molecule has 5 nitrogen and oxygen atoms in total. The second-order valence-corrected chi connectivity index (χ2v) is 14.0. The van der Waals surface area contributed by atoms with Gasteiger partial charge in [0.05, 0.1) is 11.0 Å². The first kappa shape index (κ1) is 31.9. The first-order valence-corrected chi connectivity index (χ1v) is 18.8. The lowest BCUT2D eigenvalue weighted by Gasteiger charge is -2.12. The number of rotatable bonds is 6. The Morgan fingerprint density at radius 3 is 1.59 bits per heavy atom. The lowest BCUT2D eigenvalue weighted by atomic mass is 9.95. The number of aromatic nitrogens is 4. The highest BCUT2D eigenvalue weighted by Gasteiger charge is 2.20. The molecule has 0 saturated heterocycles. The summed E-state index contributed by atoms with van der Waals surface area (Å²) in [7, 11) is 0. The van der Waals surface area contributed by atoms with E-state index >= 15 is 0 Å². The molecule has 262 valence electrons. The molecule has 11 rings (SSSR count). The van der Waals surface area contributed by atoms with E-state index in [9.17, 15) is 0 Å². The van der Waals surface area contributed by atoms with Gasteiger partial charge in [0.15, 0.2) is 17.5 Å². The highest BCUT2D eigenvalue weighted by molar-refractivity contribution is 6.16. The van der Waals surface area contributed by atoms with Crippen molar-refractivity contribution in [2.45, 2.75) is 0 Å². The fourth-order valence-corrected chi connectivity index (χ4v) is 8.00. The summed E-state index contributed by atoms with van der Waals surface area (Å²) < 4.78 is 8.95. The number of para-hydroxylation sites is 3. The number of benzene rings is 8. The fraction of sp³-hybridized carbons (Fsp3) is 0. The van der Waals surface area contributed by atoms with Gasteiger partial charge in [-0.1, -0.05) is 146 Å². The molecular weight excluding hydrogens is 685 g/mol. The van der Waals surface area contributed by atoms with E-state index in [1.54, 1.807) is 0 Å². The SMILES string of the molecule is c1ccc(-c2ccc(-c3nc(-c4ccccc4)nc(-c4cc(-c5ccc6c(c5)c5ccccc5n6-c5ccccc5)c5c(c4)oc4ccccc45)n3)cc2)cc1. The molecule has 0 bridgehead atoms. The molecule has 0 atom stereocenters. The van der Waals surface area contributed by atoms with E-state index in [1.807, 2.05) is 48.5 Å². The molecule has 0 amide bonds. The molecule has 3 heterocycles. The van der Waals surface area contributed by atoms with Gasteiger partial charge in [0, 0.05) is 43.9 Å². The van der Waals surface area contributed by atoms with Crippen molar-refractivity contribution in [2.75, 3.05) is 0 Å². The minimum absolute atomic E-state index is 0.575. The molecular formula is C51H32N4O. The molecule has 0 radical (unpaired) electrons. The third kappa shape index (κ3) is 5.37. The van der Waals surface area contributed by atoms with Crippen molar-refractivity contribution in [1.82, 2.24) is 19.5 Å². The summed E-state index contributed by atoms with van der Waals surface area (Å²) in [6, 6.07) is 67.4. The summed E-state index contributed by atoms with van der Waals surface area (Å²) in [5, 5.41) is 4.51. The van der Waals surface area contributed by atoms with E-state index < -0.39 is 0 Å². The average molecular weight is 717 g/mol. The largest absolute Gasteiger partial charge is 0.456 e. The highest BCUT2D eigenvalue weighted by Crippen LogP contribution is 2.42. The zero-order valence-electron chi connectivity index (χ0n) is 30.2. The average Bonchev–Trinajstić information content (AvgIpc) is 3.82. The molecule has 0 spiro atoms. The van der Waals surface area contributed by atoms with Crippen molar-refractivity contribution in [3.05, 3.63) is 194 Å². The van der Waals surface area contributed by atoms with Crippen LogP contribution in [0.3, 0.4) is 0 Å². The van der Waals surface area contributed by atoms with Crippen molar-refractivity contribution >= 4 is 43.7 Å². The van der Waals surface area contributed by atoms with Gasteiger partial charge < -0.3 is 8.98 Å². The Balaban J connectivity index is 1.13. The molecule has 0 unspecified atom stereocenters. The van der Waals surface area contributed by atoms with Crippen LogP contribution in [0.15, 0.2) is 199 Å². The number of nitrogens with zero attached hydrogens (tertiary/aromatic N) is 4. The minimum Gasteiger partial charge on any atom is -0.456 e. The van der Waals surface area contributed by atoms with Crippen molar-refractivity contribution < 1.29 is 4.42 Å². The zero-order valence-corrected chi connectivity index (χ0v) is 30.2. The lowest BCUT2D eigenvalue weighted by Crippen LogP contribution is -2.00. The molecule has 0 fully saturated rings. The zero-order chi connectivity index (χ0) is 37.0. The van der Waals surface area contributed by atoms with Gasteiger partial charge in [0.1, 0.15) is 11.2 Å². The van der Waals surface area contributed by atoms with E-state index in [4.69, 9.17) is 19.4 Å². The molecule has 56 heavy (non-hydrogen) atoms. The van der Waals surface area contributed by atoms with Crippen LogP contribution >= 0.6 is 0 Å². The summed E-state index contributed by atoms with van der Waals surface area (Å²) in [6.07, 6.45) is 0. The van der Waals surface area contributed by atoms with Gasteiger partial charge >= 0.3 is 0 Å². The van der Waals surface area contributed by atoms with Gasteiger partial charge in [-0.25, -0.2) is 15.0 Å². The van der Waals surface area contributed by atoms with Crippen LogP contribution in [0.1, 0.15) is 0 Å². The van der Waals surface area contributed by atoms with Gasteiger partial charge in [0.2, 0.25) is 0 Å². The molecule has 11 aromatic rings. The van der Waals surface area contributed by atoms with Crippen LogP contribution in [0.4, 0.5) is 0 Å². The fourth-order valence-electron chi connectivity index (χ4n) is 8.00. The van der Waals surface area contributed by atoms with Gasteiger partial charge in [-0.15, -0.1) is 0 Å². The van der Waals surface area contributed by atoms with E-state index in [-0.39, 0.29) is 0 Å². The Hall–Kier alpha value is -7.63. The molecule has 0 saturated carbocycles. The van der Waals surface area contributed by atoms with Crippen molar-refractivity contribution in [3.8, 4) is 62.1 Å². The standard InChI is InChI=1S/C51H32N4O/c1-4-14-33(15-5-1)34-24-26-36(27-25-34)50-52-49(35-16-6-2-7-17-35)53-51(54-50)38-31-42(48-41-21-11-13-23-46(41)56-47(48)32-38)37-28-29-45-43(30-37)40-20-10-12-22-44(40)55(45)39-18-8-3-9-19-39/h1-32H. The van der Waals surface area contributed by atoms with Gasteiger partial charge in [-0.2, -0.15) is 0 Å². The number of hydrogen-bond donors (Lipinski definition) is 0. The number of furan rings is 1. The predicted molar refractivity (Wildman–Crippen MR) is 229 cm³/mol. The Bertz CT molecular complexity index is 3220. The van der Waals surface area contributed by atoms with E-state index in [0.29, 0.717) is 17.5 Å². The van der Waals surface area contributed by atoms with Crippen molar-refractivity contribution in [1.29, 1.82) is 0 Å². The third-order valence-corrected chi connectivity index (χ3v) is 10.7. The third-order valence-electron chi connectivity index (χ3n) is 10.7. The molecule has 5 heteroatoms. The van der Waals surface area contributed by atoms with Crippen LogP contribution in [-0.4, -0.2) is 19.5 Å². The summed E-state index contributed by atoms with van der Waals surface area (Å²) in [5.41, 5.74) is 12.2. The Labute approximate surface area is 322 Å². The van der Waals surface area contributed by atoms with Crippen molar-refractivity contribution in [2.24, 2.45) is 0 Å². The van der Waals surface area contributed by atoms with Gasteiger partial charge in [-0.05, 0) is 70.8 Å². The first-order chi connectivity index (χ1) is 27.7. The van der Waals surface area contributed by atoms with E-state index in [1.165, 1.54) is 16.3 Å². The van der Waals surface area contributed by atoms with Crippen LogP contribution < -0.4 is 0 Å². The maximum Gasteiger partial charge on any atom is 0.164 e. The minimum atomic E-state index is 0.575. The first-order valence-electron chi connectivity index (χ1n) is 18.8. The summed E-state index contributed by atoms with van der Waals surface area (Å²) >= 11 is 0. The highest BCUT2D eigenvalue weighted by atomic mass is 16.3. The van der Waals surface area contributed by atoms with Crippen LogP contribution in [0.25, 0.3) is 106 Å². The topological polar surface area (TPSA) is 56.7 Å². The van der Waals surface area contributed by atoms with Crippen LogP contribution in [0.2, 0.25) is 0 Å². The molecule has 0 aliphatic heterocycles. The molecule has 0 aliphatic carbocycles. The summed E-state index contributed by atoms with van der Waals surface area (Å²) in [4.78, 5) is 15.3. The Kier molecular flexibility index (Phi) is 7.42. The molecule has 8 aromatic carbocycles. The van der Waals surface area contributed by atoms with Crippen LogP contribution in [0.5, 0.6) is 0 Å². The summed E-state index contributed by atoms with van der Waals surface area (Å²) in [5.74, 6) is 1.79. The second kappa shape index (κ2) is 13.0. The quantitative estimate of drug-likeness (QED) is 0.172. The number of hydrogen-bond acceptors (Lipinski definition) is 4. The second-order valence-electron chi connectivity index (χ2n) is 14.0. The summed E-state index contributed by atoms with van der Waals surface area (Å²) in [6.45, 7) is 0. The van der Waals surface area contributed by atoms with E-state index in [2.05, 4.69) is 150 Å². The maximum atomic E-state index is 6.61. The van der Waals surface area contributed by atoms with Crippen LogP contribution in [0, 0.1) is 0 Å².